The molecule has 0 spiro atoms. The maximum Gasteiger partial charge on any atom is 0.184 e. The van der Waals surface area contributed by atoms with Gasteiger partial charge >= 0.3 is 0 Å². The third-order valence-electron chi connectivity index (χ3n) is 3.73. The summed E-state index contributed by atoms with van der Waals surface area (Å²) in [6.07, 6.45) is 4.03. The van der Waals surface area contributed by atoms with Gasteiger partial charge in [0.2, 0.25) is 0 Å². The predicted molar refractivity (Wildman–Crippen MR) is 101 cm³/mol. The number of benzene rings is 2. The summed E-state index contributed by atoms with van der Waals surface area (Å²) in [6, 6.07) is 16.0. The molecule has 5 heteroatoms. The Labute approximate surface area is 145 Å². The molecule has 0 saturated carbocycles. The first-order valence-corrected chi connectivity index (χ1v) is 8.10. The van der Waals surface area contributed by atoms with E-state index in [2.05, 4.69) is 28.7 Å². The summed E-state index contributed by atoms with van der Waals surface area (Å²) in [6.45, 7) is 0. The van der Waals surface area contributed by atoms with E-state index in [1.54, 1.807) is 0 Å². The quantitative estimate of drug-likeness (QED) is 0.643. The average molecular weight is 342 g/mol. The Morgan fingerprint density at radius 3 is 2.61 bits per heavy atom. The molecule has 3 N–H and O–H groups in total. The Bertz CT molecular complexity index is 794. The Morgan fingerprint density at radius 1 is 1.13 bits per heavy atom. The van der Waals surface area contributed by atoms with Crippen molar-refractivity contribution < 1.29 is 0 Å². The molecule has 0 unspecified atom stereocenters. The Hall–Kier alpha value is -2.17. The average Bonchev–Trinajstić information content (AvgIpc) is 2.55. The van der Waals surface area contributed by atoms with Gasteiger partial charge in [0.1, 0.15) is 0 Å². The number of nitrogens with zero attached hydrogens (tertiary/aromatic N) is 1. The van der Waals surface area contributed by atoms with E-state index in [0.29, 0.717) is 0 Å². The first-order chi connectivity index (χ1) is 11.1. The molecule has 0 aliphatic heterocycles. The number of nitrogens with one attached hydrogen (secondary N) is 1. The Balaban J connectivity index is 2.03. The van der Waals surface area contributed by atoms with Crippen LogP contribution in [0.25, 0.3) is 6.08 Å². The van der Waals surface area contributed by atoms with Crippen LogP contribution in [-0.2, 0) is 6.42 Å². The molecule has 2 aromatic carbocycles. The van der Waals surface area contributed by atoms with E-state index in [1.165, 1.54) is 5.56 Å². The van der Waals surface area contributed by atoms with Crippen LogP contribution in [0.5, 0.6) is 0 Å². The van der Waals surface area contributed by atoms with E-state index in [4.69, 9.17) is 29.6 Å². The Kier molecular flexibility index (Phi) is 4.74. The highest BCUT2D eigenvalue weighted by Crippen LogP contribution is 2.27. The molecule has 1 aliphatic carbocycles. The zero-order valence-electron chi connectivity index (χ0n) is 12.4. The van der Waals surface area contributed by atoms with Gasteiger partial charge < -0.3 is 5.73 Å². The molecule has 2 aromatic rings. The predicted octanol–water partition coefficient (Wildman–Crippen LogP) is 3.91. The second-order valence-electron chi connectivity index (χ2n) is 5.31. The first kappa shape index (κ1) is 15.7. The summed E-state index contributed by atoms with van der Waals surface area (Å²) in [5.41, 5.74) is 13.8. The van der Waals surface area contributed by atoms with Crippen LogP contribution >= 0.6 is 23.8 Å². The van der Waals surface area contributed by atoms with Gasteiger partial charge in [0.15, 0.2) is 5.11 Å². The maximum atomic E-state index is 5.95. The molecule has 116 valence electrons. The molecule has 1 aliphatic rings. The fourth-order valence-electron chi connectivity index (χ4n) is 2.67. The van der Waals surface area contributed by atoms with Crippen molar-refractivity contribution in [3.05, 3.63) is 75.8 Å². The van der Waals surface area contributed by atoms with Crippen molar-refractivity contribution in [2.75, 3.05) is 0 Å². The highest BCUT2D eigenvalue weighted by molar-refractivity contribution is 7.80. The lowest BCUT2D eigenvalue weighted by Crippen LogP contribution is -2.27. The molecular formula is C18H16ClN3S. The van der Waals surface area contributed by atoms with Gasteiger partial charge in [-0.1, -0.05) is 48.0 Å². The molecule has 0 heterocycles. The first-order valence-electron chi connectivity index (χ1n) is 7.31. The van der Waals surface area contributed by atoms with Crippen molar-refractivity contribution >= 4 is 40.7 Å². The number of aryl methyl sites for hydroxylation is 1. The van der Waals surface area contributed by atoms with E-state index in [1.807, 2.05) is 36.4 Å². The second-order valence-corrected chi connectivity index (χ2v) is 6.19. The monoisotopic (exact) mass is 341 g/mol. The molecule has 3 rings (SSSR count). The van der Waals surface area contributed by atoms with Crippen molar-refractivity contribution in [1.82, 2.24) is 5.43 Å². The number of hydrazone groups is 1. The summed E-state index contributed by atoms with van der Waals surface area (Å²) in [5.74, 6) is 0. The van der Waals surface area contributed by atoms with Gasteiger partial charge in [0.05, 0.1) is 5.71 Å². The third-order valence-corrected chi connectivity index (χ3v) is 4.07. The molecule has 0 bridgehead atoms. The van der Waals surface area contributed by atoms with E-state index in [9.17, 15) is 0 Å². The standard InChI is InChI=1S/C18H16ClN3S/c19-15-9-5-12(6-10-15)11-14-8-7-13-3-1-2-4-16(13)17(14)21-22-18(20)23/h1-6,9-11H,7-8H2,(H3,20,22,23)/b14-11+,21-17+. The van der Waals surface area contributed by atoms with Gasteiger partial charge in [0.25, 0.3) is 0 Å². The molecule has 0 radical (unpaired) electrons. The topological polar surface area (TPSA) is 50.4 Å². The van der Waals surface area contributed by atoms with Crippen molar-refractivity contribution in [2.45, 2.75) is 12.8 Å². The number of thiocarbonyl (C=S) groups is 1. The summed E-state index contributed by atoms with van der Waals surface area (Å²) < 4.78 is 0. The van der Waals surface area contributed by atoms with Crippen LogP contribution in [0.2, 0.25) is 5.02 Å². The minimum atomic E-state index is 0.159. The lowest BCUT2D eigenvalue weighted by atomic mass is 9.85. The number of halogens is 1. The molecule has 23 heavy (non-hydrogen) atoms. The fourth-order valence-corrected chi connectivity index (χ4v) is 2.85. The maximum absolute atomic E-state index is 5.95. The van der Waals surface area contributed by atoms with Crippen LogP contribution in [0.15, 0.2) is 59.2 Å². The summed E-state index contributed by atoms with van der Waals surface area (Å²) >= 11 is 10.8. The third kappa shape index (κ3) is 3.78. The van der Waals surface area contributed by atoms with E-state index >= 15 is 0 Å². The number of fused-ring (bicyclic) bond motifs is 1. The number of rotatable bonds is 2. The Morgan fingerprint density at radius 2 is 1.87 bits per heavy atom. The second kappa shape index (κ2) is 6.94. The zero-order chi connectivity index (χ0) is 16.2. The van der Waals surface area contributed by atoms with Gasteiger partial charge in [-0.05, 0) is 60.0 Å². The highest BCUT2D eigenvalue weighted by atomic mass is 35.5. The molecule has 0 fully saturated rings. The van der Waals surface area contributed by atoms with Crippen LogP contribution in [0, 0.1) is 0 Å². The number of allylic oxidation sites excluding steroid dienone is 1. The van der Waals surface area contributed by atoms with Gasteiger partial charge in [-0.2, -0.15) is 5.10 Å². The summed E-state index contributed by atoms with van der Waals surface area (Å²) in [7, 11) is 0. The molecule has 0 saturated heterocycles. The van der Waals surface area contributed by atoms with E-state index in [-0.39, 0.29) is 5.11 Å². The molecule has 0 atom stereocenters. The molecular weight excluding hydrogens is 326 g/mol. The zero-order valence-corrected chi connectivity index (χ0v) is 14.0. The lowest BCUT2D eigenvalue weighted by molar-refractivity contribution is 0.937. The molecule has 0 aromatic heterocycles. The van der Waals surface area contributed by atoms with E-state index < -0.39 is 0 Å². The van der Waals surface area contributed by atoms with Crippen molar-refractivity contribution in [2.24, 2.45) is 10.8 Å². The van der Waals surface area contributed by atoms with Gasteiger partial charge in [0, 0.05) is 10.6 Å². The van der Waals surface area contributed by atoms with Crippen LogP contribution in [0.4, 0.5) is 0 Å². The van der Waals surface area contributed by atoms with Crippen LogP contribution in [0.3, 0.4) is 0 Å². The minimum absolute atomic E-state index is 0.159. The number of hydrogen-bond donors (Lipinski definition) is 2. The van der Waals surface area contributed by atoms with Crippen molar-refractivity contribution in [1.29, 1.82) is 0 Å². The minimum Gasteiger partial charge on any atom is -0.375 e. The van der Waals surface area contributed by atoms with Crippen molar-refractivity contribution in [3.8, 4) is 0 Å². The van der Waals surface area contributed by atoms with E-state index in [0.717, 1.165) is 40.3 Å². The smallest absolute Gasteiger partial charge is 0.184 e. The van der Waals surface area contributed by atoms with Crippen LogP contribution in [0.1, 0.15) is 23.1 Å². The van der Waals surface area contributed by atoms with Crippen molar-refractivity contribution in [3.63, 3.8) is 0 Å². The molecule has 3 nitrogen and oxygen atoms in total. The fraction of sp³-hybridized carbons (Fsp3) is 0.111. The number of hydrogen-bond acceptors (Lipinski definition) is 2. The largest absolute Gasteiger partial charge is 0.375 e. The summed E-state index contributed by atoms with van der Waals surface area (Å²) in [4.78, 5) is 0. The van der Waals surface area contributed by atoms with Gasteiger partial charge in [-0.25, -0.2) is 0 Å². The lowest BCUT2D eigenvalue weighted by Gasteiger charge is -2.21. The normalized spacial score (nSPS) is 17.1. The molecule has 0 amide bonds. The van der Waals surface area contributed by atoms with Crippen LogP contribution < -0.4 is 11.2 Å². The van der Waals surface area contributed by atoms with Crippen LogP contribution in [-0.4, -0.2) is 10.8 Å². The highest BCUT2D eigenvalue weighted by Gasteiger charge is 2.20. The van der Waals surface area contributed by atoms with Gasteiger partial charge in [-0.15, -0.1) is 0 Å². The number of nitrogens with two attached hydrogens (primary N) is 1. The summed E-state index contributed by atoms with van der Waals surface area (Å²) in [5, 5.41) is 5.31. The SMILES string of the molecule is NC(=S)N/N=C1\C(=C\c2ccc(Cl)cc2)CCc2ccccc21. The van der Waals surface area contributed by atoms with Gasteiger partial charge in [-0.3, -0.25) is 5.43 Å².